The lowest BCUT2D eigenvalue weighted by Crippen LogP contribution is -2.41. The Balaban J connectivity index is 1.49. The largest absolute Gasteiger partial charge is 0.352 e. The molecule has 1 aromatic heterocycles. The molecule has 1 aromatic rings. The maximum atomic E-state index is 12.1. The van der Waals surface area contributed by atoms with Gasteiger partial charge in [0.05, 0.1) is 5.75 Å². The number of carbonyl (C=O) groups is 1. The number of nitrogens with zero attached hydrogens (tertiary/aromatic N) is 3. The number of amides is 1. The molecular formula is C15H24N4OS. The Kier molecular flexibility index (Phi) is 4.52. The number of thioether (sulfide) groups is 1. The summed E-state index contributed by atoms with van der Waals surface area (Å²) in [6.07, 6.45) is 7.31. The van der Waals surface area contributed by atoms with Crippen LogP contribution in [0.3, 0.4) is 0 Å². The molecule has 0 unspecified atom stereocenters. The van der Waals surface area contributed by atoms with Gasteiger partial charge in [-0.3, -0.25) is 4.79 Å². The van der Waals surface area contributed by atoms with Gasteiger partial charge in [-0.1, -0.05) is 31.5 Å². The molecule has 3 rings (SSSR count). The molecule has 116 valence electrons. The van der Waals surface area contributed by atoms with Crippen LogP contribution in [0.2, 0.25) is 0 Å². The minimum Gasteiger partial charge on any atom is -0.352 e. The van der Waals surface area contributed by atoms with Crippen LogP contribution in [0.1, 0.15) is 57.2 Å². The molecule has 0 bridgehead atoms. The van der Waals surface area contributed by atoms with Gasteiger partial charge in [0.1, 0.15) is 5.82 Å². The molecule has 2 aliphatic rings. The summed E-state index contributed by atoms with van der Waals surface area (Å²) in [5.41, 5.74) is 0. The van der Waals surface area contributed by atoms with Crippen LogP contribution in [0.5, 0.6) is 0 Å². The number of nitrogens with one attached hydrogen (secondary N) is 1. The van der Waals surface area contributed by atoms with Crippen molar-refractivity contribution in [2.75, 3.05) is 5.75 Å². The number of rotatable bonds is 5. The Labute approximate surface area is 130 Å². The first-order valence-electron chi connectivity index (χ1n) is 7.96. The Morgan fingerprint density at radius 1 is 1.29 bits per heavy atom. The predicted molar refractivity (Wildman–Crippen MR) is 83.3 cm³/mol. The van der Waals surface area contributed by atoms with Crippen LogP contribution in [0.15, 0.2) is 5.16 Å². The van der Waals surface area contributed by atoms with Crippen molar-refractivity contribution in [2.24, 2.45) is 13.0 Å². The van der Waals surface area contributed by atoms with Crippen molar-refractivity contribution in [1.29, 1.82) is 0 Å². The summed E-state index contributed by atoms with van der Waals surface area (Å²) in [7, 11) is 2.00. The summed E-state index contributed by atoms with van der Waals surface area (Å²) >= 11 is 1.49. The highest BCUT2D eigenvalue weighted by Crippen LogP contribution is 2.39. The number of hydrogen-bond acceptors (Lipinski definition) is 4. The smallest absolute Gasteiger partial charge is 0.230 e. The van der Waals surface area contributed by atoms with Crippen LogP contribution in [0.4, 0.5) is 0 Å². The van der Waals surface area contributed by atoms with Crippen molar-refractivity contribution in [1.82, 2.24) is 20.1 Å². The summed E-state index contributed by atoms with van der Waals surface area (Å²) in [6.45, 7) is 2.24. The van der Waals surface area contributed by atoms with Gasteiger partial charge in [-0.15, -0.1) is 10.2 Å². The molecule has 2 aliphatic carbocycles. The lowest BCUT2D eigenvalue weighted by atomic mass is 9.86. The third kappa shape index (κ3) is 3.59. The molecule has 21 heavy (non-hydrogen) atoms. The Morgan fingerprint density at radius 2 is 2.05 bits per heavy atom. The minimum absolute atomic E-state index is 0.120. The van der Waals surface area contributed by atoms with E-state index in [0.29, 0.717) is 23.6 Å². The molecule has 0 spiro atoms. The van der Waals surface area contributed by atoms with Crippen molar-refractivity contribution in [3.8, 4) is 0 Å². The van der Waals surface area contributed by atoms with E-state index >= 15 is 0 Å². The van der Waals surface area contributed by atoms with Gasteiger partial charge in [0, 0.05) is 19.0 Å². The fourth-order valence-electron chi connectivity index (χ4n) is 3.06. The highest BCUT2D eigenvalue weighted by Gasteiger charge is 2.29. The molecule has 0 aromatic carbocycles. The van der Waals surface area contributed by atoms with Crippen molar-refractivity contribution in [3.63, 3.8) is 0 Å². The molecule has 2 atom stereocenters. The second-order valence-corrected chi connectivity index (χ2v) is 7.34. The Bertz CT molecular complexity index is 512. The minimum atomic E-state index is 0.120. The highest BCUT2D eigenvalue weighted by molar-refractivity contribution is 7.99. The molecule has 1 amide bonds. The van der Waals surface area contributed by atoms with Gasteiger partial charge in [-0.25, -0.2) is 0 Å². The number of carbonyl (C=O) groups excluding carboxylic acids is 1. The van der Waals surface area contributed by atoms with E-state index in [0.717, 1.165) is 17.4 Å². The zero-order valence-electron chi connectivity index (χ0n) is 12.8. The SMILES string of the molecule is C[C@@H]1CCCC[C@@H]1NC(=O)CSc1nnc(C2CC2)n1C. The summed E-state index contributed by atoms with van der Waals surface area (Å²) < 4.78 is 2.04. The Hall–Kier alpha value is -1.04. The van der Waals surface area contributed by atoms with Crippen LogP contribution in [0.25, 0.3) is 0 Å². The fraction of sp³-hybridized carbons (Fsp3) is 0.800. The van der Waals surface area contributed by atoms with Crippen molar-refractivity contribution >= 4 is 17.7 Å². The molecule has 0 aliphatic heterocycles. The van der Waals surface area contributed by atoms with Gasteiger partial charge >= 0.3 is 0 Å². The molecular weight excluding hydrogens is 284 g/mol. The van der Waals surface area contributed by atoms with Gasteiger partial charge < -0.3 is 9.88 Å². The lowest BCUT2D eigenvalue weighted by Gasteiger charge is -2.29. The molecule has 5 nitrogen and oxygen atoms in total. The Morgan fingerprint density at radius 3 is 2.76 bits per heavy atom. The second kappa shape index (κ2) is 6.38. The molecule has 2 fully saturated rings. The zero-order chi connectivity index (χ0) is 14.8. The van der Waals surface area contributed by atoms with Gasteiger partial charge in [-0.2, -0.15) is 0 Å². The van der Waals surface area contributed by atoms with Crippen molar-refractivity contribution in [3.05, 3.63) is 5.82 Å². The van der Waals surface area contributed by atoms with E-state index < -0.39 is 0 Å². The van der Waals surface area contributed by atoms with Gasteiger partial charge in [-0.05, 0) is 31.6 Å². The van der Waals surface area contributed by atoms with Gasteiger partial charge in [0.2, 0.25) is 5.91 Å². The average Bonchev–Trinajstić information content (AvgIpc) is 3.24. The van der Waals surface area contributed by atoms with E-state index in [9.17, 15) is 4.79 Å². The molecule has 6 heteroatoms. The summed E-state index contributed by atoms with van der Waals surface area (Å²) in [5.74, 6) is 2.81. The van der Waals surface area contributed by atoms with Crippen molar-refractivity contribution < 1.29 is 4.79 Å². The maximum absolute atomic E-state index is 12.1. The van der Waals surface area contributed by atoms with Crippen LogP contribution >= 0.6 is 11.8 Å². The first kappa shape index (κ1) is 14.9. The van der Waals surface area contributed by atoms with E-state index in [1.807, 2.05) is 11.6 Å². The maximum Gasteiger partial charge on any atom is 0.230 e. The van der Waals surface area contributed by atoms with E-state index in [2.05, 4.69) is 22.4 Å². The lowest BCUT2D eigenvalue weighted by molar-refractivity contribution is -0.119. The molecule has 1 heterocycles. The van der Waals surface area contributed by atoms with E-state index in [1.165, 1.54) is 43.9 Å². The van der Waals surface area contributed by atoms with Crippen LogP contribution in [0, 0.1) is 5.92 Å². The standard InChI is InChI=1S/C15H24N4OS/c1-10-5-3-4-6-12(10)16-13(20)9-21-15-18-17-14(19(15)2)11-7-8-11/h10-12H,3-9H2,1-2H3,(H,16,20)/t10-,12+/m1/s1. The quantitative estimate of drug-likeness (QED) is 0.849. The first-order chi connectivity index (χ1) is 10.1. The number of aromatic nitrogens is 3. The topological polar surface area (TPSA) is 59.8 Å². The van der Waals surface area contributed by atoms with E-state index in [-0.39, 0.29) is 5.91 Å². The summed E-state index contributed by atoms with van der Waals surface area (Å²) in [4.78, 5) is 12.1. The summed E-state index contributed by atoms with van der Waals surface area (Å²) in [5, 5.41) is 12.5. The number of hydrogen-bond donors (Lipinski definition) is 1. The average molecular weight is 308 g/mol. The van der Waals surface area contributed by atoms with Gasteiger partial charge in [0.15, 0.2) is 5.16 Å². The van der Waals surface area contributed by atoms with Crippen LogP contribution in [-0.4, -0.2) is 32.5 Å². The van der Waals surface area contributed by atoms with E-state index in [1.54, 1.807) is 0 Å². The van der Waals surface area contributed by atoms with Crippen LogP contribution in [-0.2, 0) is 11.8 Å². The molecule has 0 saturated heterocycles. The molecule has 1 N–H and O–H groups in total. The monoisotopic (exact) mass is 308 g/mol. The van der Waals surface area contributed by atoms with Gasteiger partial charge in [0.25, 0.3) is 0 Å². The third-order valence-corrected chi connectivity index (χ3v) is 5.62. The normalized spacial score (nSPS) is 25.8. The van der Waals surface area contributed by atoms with Crippen LogP contribution < -0.4 is 5.32 Å². The summed E-state index contributed by atoms with van der Waals surface area (Å²) in [6, 6.07) is 0.355. The first-order valence-corrected chi connectivity index (χ1v) is 8.95. The highest BCUT2D eigenvalue weighted by atomic mass is 32.2. The van der Waals surface area contributed by atoms with E-state index in [4.69, 9.17) is 0 Å². The molecule has 0 radical (unpaired) electrons. The zero-order valence-corrected chi connectivity index (χ0v) is 13.7. The second-order valence-electron chi connectivity index (χ2n) is 6.40. The fourth-order valence-corrected chi connectivity index (χ4v) is 3.79. The third-order valence-electron chi connectivity index (χ3n) is 4.60. The molecule has 2 saturated carbocycles. The predicted octanol–water partition coefficient (Wildman–Crippen LogP) is 2.48. The van der Waals surface area contributed by atoms with Crippen molar-refractivity contribution in [2.45, 2.75) is 62.6 Å².